The summed E-state index contributed by atoms with van der Waals surface area (Å²) in [6.07, 6.45) is 7.36. The molecule has 2 rings (SSSR count). The van der Waals surface area contributed by atoms with Crippen molar-refractivity contribution in [1.29, 1.82) is 0 Å². The summed E-state index contributed by atoms with van der Waals surface area (Å²) in [5, 5.41) is 16.5. The number of aryl methyl sites for hydroxylation is 2. The van der Waals surface area contributed by atoms with Crippen LogP contribution in [0.1, 0.15) is 48.2 Å². The predicted molar refractivity (Wildman–Crippen MR) is 123 cm³/mol. The van der Waals surface area contributed by atoms with Gasteiger partial charge in [0.25, 0.3) is 0 Å². The van der Waals surface area contributed by atoms with Crippen LogP contribution in [-0.2, 0) is 6.42 Å². The third kappa shape index (κ3) is 7.62. The van der Waals surface area contributed by atoms with Crippen molar-refractivity contribution in [3.63, 3.8) is 0 Å². The normalized spacial score (nSPS) is 13.2. The van der Waals surface area contributed by atoms with Crippen molar-refractivity contribution in [2.75, 3.05) is 12.4 Å². The van der Waals surface area contributed by atoms with Crippen molar-refractivity contribution in [2.45, 2.75) is 45.4 Å². The third-order valence-electron chi connectivity index (χ3n) is 4.67. The molecule has 0 bridgehead atoms. The van der Waals surface area contributed by atoms with Gasteiger partial charge in [-0.2, -0.15) is 0 Å². The van der Waals surface area contributed by atoms with Crippen LogP contribution in [0.15, 0.2) is 60.2 Å². The van der Waals surface area contributed by atoms with Gasteiger partial charge < -0.3 is 22.1 Å². The van der Waals surface area contributed by atoms with Crippen LogP contribution in [0.2, 0.25) is 0 Å². The van der Waals surface area contributed by atoms with Crippen molar-refractivity contribution >= 4 is 16.5 Å². The number of unbranched alkanes of at least 4 members (excludes halogenated alkanes) is 1. The van der Waals surface area contributed by atoms with E-state index in [1.165, 1.54) is 11.1 Å². The Balaban J connectivity index is 1.78. The van der Waals surface area contributed by atoms with Gasteiger partial charge in [0.05, 0.1) is 5.82 Å². The Morgan fingerprint density at radius 2 is 2.03 bits per heavy atom. The first-order chi connectivity index (χ1) is 13.9. The molecule has 6 N–H and O–H groups in total. The molecule has 2 aromatic rings. The number of hydrogen-bond donors (Lipinski definition) is 4. The summed E-state index contributed by atoms with van der Waals surface area (Å²) < 4.78 is 0. The average molecular weight is 413 g/mol. The van der Waals surface area contributed by atoms with Crippen LogP contribution in [0.3, 0.4) is 0 Å². The second-order valence-corrected chi connectivity index (χ2v) is 8.17. The Kier molecular flexibility index (Phi) is 8.73. The lowest BCUT2D eigenvalue weighted by atomic mass is 9.97. The zero-order valence-electron chi connectivity index (χ0n) is 17.5. The van der Waals surface area contributed by atoms with Crippen molar-refractivity contribution < 1.29 is 0 Å². The maximum atomic E-state index is 5.99. The molecule has 1 atom stereocenters. The number of rotatable bonds is 11. The molecular formula is C22H32N6S. The fourth-order valence-electron chi connectivity index (χ4n) is 2.76. The van der Waals surface area contributed by atoms with E-state index >= 15 is 0 Å². The minimum absolute atomic E-state index is 0.197. The SMILES string of the molecule is C=C(Nc1nnc(CCCC/C(N)=C/C=C(\N)NC)s1)C(C)c1cccc(C)c1. The number of allylic oxidation sites excluding steroid dienone is 4. The lowest BCUT2D eigenvalue weighted by Crippen LogP contribution is -2.14. The first-order valence-electron chi connectivity index (χ1n) is 9.83. The van der Waals surface area contributed by atoms with Crippen LogP contribution in [0.4, 0.5) is 5.13 Å². The molecule has 0 fully saturated rings. The van der Waals surface area contributed by atoms with Crippen molar-refractivity contribution in [2.24, 2.45) is 11.5 Å². The molecule has 6 nitrogen and oxygen atoms in total. The molecule has 0 saturated heterocycles. The smallest absolute Gasteiger partial charge is 0.209 e. The lowest BCUT2D eigenvalue weighted by molar-refractivity contribution is 0.718. The first-order valence-corrected chi connectivity index (χ1v) is 10.6. The molecule has 29 heavy (non-hydrogen) atoms. The average Bonchev–Trinajstić information content (AvgIpc) is 3.15. The van der Waals surface area contributed by atoms with Crippen LogP contribution in [0.5, 0.6) is 0 Å². The van der Waals surface area contributed by atoms with Gasteiger partial charge in [0.1, 0.15) is 5.01 Å². The summed E-state index contributed by atoms with van der Waals surface area (Å²) in [4.78, 5) is 0. The number of aromatic nitrogens is 2. The Hall–Kier alpha value is -2.80. The second kappa shape index (κ2) is 11.3. The van der Waals surface area contributed by atoms with E-state index in [0.29, 0.717) is 5.82 Å². The fraction of sp³-hybridized carbons (Fsp3) is 0.364. The number of anilines is 1. The van der Waals surface area contributed by atoms with Gasteiger partial charge in [0.15, 0.2) is 0 Å². The summed E-state index contributed by atoms with van der Waals surface area (Å²) in [5.74, 6) is 0.795. The Labute approximate surface area is 177 Å². The number of hydrogen-bond acceptors (Lipinski definition) is 7. The lowest BCUT2D eigenvalue weighted by Gasteiger charge is -2.16. The molecule has 1 aromatic heterocycles. The fourth-order valence-corrected chi connectivity index (χ4v) is 3.58. The van der Waals surface area contributed by atoms with Crippen molar-refractivity contribution in [3.8, 4) is 0 Å². The molecule has 1 unspecified atom stereocenters. The molecule has 1 heterocycles. The molecule has 0 aliphatic rings. The van der Waals surface area contributed by atoms with Crippen LogP contribution in [-0.4, -0.2) is 17.2 Å². The van der Waals surface area contributed by atoms with E-state index in [1.54, 1.807) is 24.5 Å². The number of benzene rings is 1. The van der Waals surface area contributed by atoms with Gasteiger partial charge >= 0.3 is 0 Å². The zero-order chi connectivity index (χ0) is 21.2. The van der Waals surface area contributed by atoms with E-state index in [-0.39, 0.29) is 5.92 Å². The Bertz CT molecular complexity index is 868. The zero-order valence-corrected chi connectivity index (χ0v) is 18.4. The molecule has 0 aliphatic heterocycles. The quantitative estimate of drug-likeness (QED) is 0.327. The van der Waals surface area contributed by atoms with E-state index < -0.39 is 0 Å². The molecule has 0 aliphatic carbocycles. The largest absolute Gasteiger partial charge is 0.402 e. The highest BCUT2D eigenvalue weighted by Crippen LogP contribution is 2.26. The molecule has 7 heteroatoms. The summed E-state index contributed by atoms with van der Waals surface area (Å²) in [5.41, 5.74) is 15.9. The number of nitrogens with two attached hydrogens (primary N) is 2. The Morgan fingerprint density at radius 3 is 2.76 bits per heavy atom. The molecule has 0 radical (unpaired) electrons. The van der Waals surface area contributed by atoms with Gasteiger partial charge in [-0.05, 0) is 43.9 Å². The number of nitrogens with zero attached hydrogens (tertiary/aromatic N) is 2. The predicted octanol–water partition coefficient (Wildman–Crippen LogP) is 4.15. The topological polar surface area (TPSA) is 102 Å². The molecule has 1 aromatic carbocycles. The van der Waals surface area contributed by atoms with Crippen LogP contribution in [0, 0.1) is 6.92 Å². The van der Waals surface area contributed by atoms with Crippen LogP contribution in [0.25, 0.3) is 0 Å². The van der Waals surface area contributed by atoms with E-state index in [1.807, 2.05) is 6.08 Å². The summed E-state index contributed by atoms with van der Waals surface area (Å²) in [6.45, 7) is 8.43. The van der Waals surface area contributed by atoms with Gasteiger partial charge in [-0.1, -0.05) is 54.7 Å². The first kappa shape index (κ1) is 22.5. The van der Waals surface area contributed by atoms with Gasteiger partial charge in [-0.3, -0.25) is 0 Å². The van der Waals surface area contributed by atoms with Gasteiger partial charge in [0.2, 0.25) is 5.13 Å². The van der Waals surface area contributed by atoms with E-state index in [4.69, 9.17) is 11.5 Å². The number of nitrogens with one attached hydrogen (secondary N) is 2. The Morgan fingerprint density at radius 1 is 1.24 bits per heavy atom. The highest BCUT2D eigenvalue weighted by Gasteiger charge is 2.12. The maximum Gasteiger partial charge on any atom is 0.209 e. The van der Waals surface area contributed by atoms with Gasteiger partial charge in [0, 0.05) is 30.8 Å². The molecule has 0 saturated carbocycles. The molecule has 156 valence electrons. The third-order valence-corrected chi connectivity index (χ3v) is 5.57. The summed E-state index contributed by atoms with van der Waals surface area (Å²) >= 11 is 1.58. The molecule has 0 amide bonds. The highest BCUT2D eigenvalue weighted by molar-refractivity contribution is 7.15. The molecule has 0 spiro atoms. The van der Waals surface area contributed by atoms with Crippen LogP contribution >= 0.6 is 11.3 Å². The van der Waals surface area contributed by atoms with Crippen molar-refractivity contribution in [3.05, 3.63) is 76.3 Å². The van der Waals surface area contributed by atoms with E-state index in [9.17, 15) is 0 Å². The van der Waals surface area contributed by atoms with Crippen molar-refractivity contribution in [1.82, 2.24) is 15.5 Å². The van der Waals surface area contributed by atoms with Crippen LogP contribution < -0.4 is 22.1 Å². The minimum Gasteiger partial charge on any atom is -0.402 e. The summed E-state index contributed by atoms with van der Waals surface area (Å²) in [6, 6.07) is 8.48. The highest BCUT2D eigenvalue weighted by atomic mass is 32.1. The van der Waals surface area contributed by atoms with E-state index in [0.717, 1.165) is 47.2 Å². The maximum absolute atomic E-state index is 5.99. The van der Waals surface area contributed by atoms with Gasteiger partial charge in [-0.25, -0.2) is 0 Å². The second-order valence-electron chi connectivity index (χ2n) is 7.11. The standard InChI is InChI=1S/C22H32N6S/c1-15-8-7-9-18(14-15)16(2)17(3)26-22-28-27-21(29-22)11-6-5-10-19(23)12-13-20(24)25-4/h7-9,12-14,16,25H,3,5-6,10-11,23-24H2,1-2,4H3,(H,26,28)/b19-12-,20-13+. The summed E-state index contributed by atoms with van der Waals surface area (Å²) in [7, 11) is 1.78. The van der Waals surface area contributed by atoms with Gasteiger partial charge in [-0.15, -0.1) is 10.2 Å². The molecular weight excluding hydrogens is 380 g/mol. The minimum atomic E-state index is 0.197. The van der Waals surface area contributed by atoms with E-state index in [2.05, 4.69) is 65.5 Å². The monoisotopic (exact) mass is 412 g/mol.